The van der Waals surface area contributed by atoms with Crippen molar-refractivity contribution in [2.45, 2.75) is 10.6 Å². The van der Waals surface area contributed by atoms with Gasteiger partial charge in [-0.05, 0) is 17.7 Å². The van der Waals surface area contributed by atoms with Crippen molar-refractivity contribution in [3.8, 4) is 28.5 Å². The van der Waals surface area contributed by atoms with Gasteiger partial charge in [-0.15, -0.1) is 11.8 Å². The number of hydrogen-bond donors (Lipinski definition) is 1. The maximum absolute atomic E-state index is 12.5. The van der Waals surface area contributed by atoms with Crippen molar-refractivity contribution in [1.82, 2.24) is 4.98 Å². The van der Waals surface area contributed by atoms with Crippen molar-refractivity contribution < 1.29 is 0 Å². The molecule has 0 aliphatic carbocycles. The fraction of sp³-hybridized carbons (Fsp3) is 0.0526. The van der Waals surface area contributed by atoms with Crippen LogP contribution >= 0.6 is 23.4 Å². The van der Waals surface area contributed by atoms with Crippen LogP contribution < -0.4 is 5.56 Å². The summed E-state index contributed by atoms with van der Waals surface area (Å²) in [7, 11) is 0. The molecule has 1 aromatic heterocycles. The number of halogens is 1. The van der Waals surface area contributed by atoms with Crippen LogP contribution in [0.4, 0.5) is 0 Å². The normalized spacial score (nSPS) is 12.2. The number of aromatic amines is 1. The van der Waals surface area contributed by atoms with Crippen LogP contribution in [0.15, 0.2) is 58.2 Å². The van der Waals surface area contributed by atoms with Gasteiger partial charge in [-0.1, -0.05) is 48.0 Å². The highest BCUT2D eigenvalue weighted by atomic mass is 35.5. The average molecular weight is 351 g/mol. The number of fused-ring (bicyclic) bond motifs is 3. The topological polar surface area (TPSA) is 56.6 Å². The quantitative estimate of drug-likeness (QED) is 0.683. The molecule has 0 bridgehead atoms. The zero-order valence-electron chi connectivity index (χ0n) is 12.5. The summed E-state index contributed by atoms with van der Waals surface area (Å²) < 4.78 is 0. The van der Waals surface area contributed by atoms with Crippen LogP contribution in [0.5, 0.6) is 0 Å². The van der Waals surface area contributed by atoms with Crippen molar-refractivity contribution in [3.63, 3.8) is 0 Å². The molecular weight excluding hydrogens is 340 g/mol. The molecule has 0 saturated carbocycles. The second-order valence-corrected chi connectivity index (χ2v) is 6.86. The summed E-state index contributed by atoms with van der Waals surface area (Å²) >= 11 is 8.05. The Labute approximate surface area is 147 Å². The maximum Gasteiger partial charge on any atom is 0.266 e. The van der Waals surface area contributed by atoms with Crippen LogP contribution in [0.2, 0.25) is 5.02 Å². The van der Waals surface area contributed by atoms with Gasteiger partial charge in [0.1, 0.15) is 11.6 Å². The van der Waals surface area contributed by atoms with E-state index in [9.17, 15) is 10.1 Å². The smallest absolute Gasteiger partial charge is 0.266 e. The Bertz CT molecular complexity index is 1070. The SMILES string of the molecule is N#Cc1c(-c2ccccc2Cl)c2c([nH]c1=O)-c1ccccc1SC2. The van der Waals surface area contributed by atoms with Crippen molar-refractivity contribution in [2.24, 2.45) is 0 Å². The molecule has 116 valence electrons. The molecule has 0 spiro atoms. The third-order valence-electron chi connectivity index (χ3n) is 4.10. The van der Waals surface area contributed by atoms with E-state index in [4.69, 9.17) is 11.6 Å². The summed E-state index contributed by atoms with van der Waals surface area (Å²) in [6, 6.07) is 17.3. The molecule has 0 amide bonds. The third kappa shape index (κ3) is 2.25. The molecule has 2 heterocycles. The van der Waals surface area contributed by atoms with Gasteiger partial charge in [-0.2, -0.15) is 5.26 Å². The van der Waals surface area contributed by atoms with Crippen molar-refractivity contribution >= 4 is 23.4 Å². The highest BCUT2D eigenvalue weighted by molar-refractivity contribution is 7.98. The number of nitriles is 1. The summed E-state index contributed by atoms with van der Waals surface area (Å²) in [6.07, 6.45) is 0. The van der Waals surface area contributed by atoms with Gasteiger partial charge >= 0.3 is 0 Å². The van der Waals surface area contributed by atoms with E-state index in [1.165, 1.54) is 0 Å². The maximum atomic E-state index is 12.5. The second-order valence-electron chi connectivity index (χ2n) is 5.43. The first-order chi connectivity index (χ1) is 11.7. The summed E-state index contributed by atoms with van der Waals surface area (Å²) in [4.78, 5) is 16.5. The first-order valence-electron chi connectivity index (χ1n) is 7.37. The molecular formula is C19H11ClN2OS. The fourth-order valence-corrected chi connectivity index (χ4v) is 4.35. The van der Waals surface area contributed by atoms with Crippen LogP contribution in [0.1, 0.15) is 11.1 Å². The molecule has 0 atom stereocenters. The lowest BCUT2D eigenvalue weighted by atomic mass is 9.93. The molecule has 2 aromatic carbocycles. The Morgan fingerprint density at radius 1 is 1.08 bits per heavy atom. The molecule has 3 aromatic rings. The predicted molar refractivity (Wildman–Crippen MR) is 97.2 cm³/mol. The number of H-pyrrole nitrogens is 1. The minimum Gasteiger partial charge on any atom is -0.320 e. The van der Waals surface area contributed by atoms with E-state index in [0.717, 1.165) is 27.3 Å². The van der Waals surface area contributed by atoms with Crippen LogP contribution in [0.3, 0.4) is 0 Å². The first-order valence-corrected chi connectivity index (χ1v) is 8.73. The van der Waals surface area contributed by atoms with E-state index >= 15 is 0 Å². The number of rotatable bonds is 1. The van der Waals surface area contributed by atoms with Gasteiger partial charge in [-0.3, -0.25) is 4.79 Å². The monoisotopic (exact) mass is 350 g/mol. The highest BCUT2D eigenvalue weighted by Crippen LogP contribution is 2.44. The van der Waals surface area contributed by atoms with E-state index in [0.29, 0.717) is 16.3 Å². The molecule has 5 heteroatoms. The van der Waals surface area contributed by atoms with Gasteiger partial charge in [0.15, 0.2) is 0 Å². The number of benzene rings is 2. The molecule has 0 saturated heterocycles. The molecule has 4 rings (SSSR count). The minimum atomic E-state index is -0.382. The van der Waals surface area contributed by atoms with Crippen molar-refractivity contribution in [2.75, 3.05) is 0 Å². The predicted octanol–water partition coefficient (Wildman–Crippen LogP) is 4.84. The molecule has 1 aliphatic heterocycles. The number of hydrogen-bond acceptors (Lipinski definition) is 3. The fourth-order valence-electron chi connectivity index (χ4n) is 3.03. The van der Waals surface area contributed by atoms with E-state index < -0.39 is 0 Å². The van der Waals surface area contributed by atoms with Crippen LogP contribution in [0.25, 0.3) is 22.4 Å². The van der Waals surface area contributed by atoms with Gasteiger partial charge in [0.25, 0.3) is 5.56 Å². The Balaban J connectivity index is 2.12. The largest absolute Gasteiger partial charge is 0.320 e. The lowest BCUT2D eigenvalue weighted by Crippen LogP contribution is -2.17. The lowest BCUT2D eigenvalue weighted by molar-refractivity contribution is 1.15. The minimum absolute atomic E-state index is 0.113. The second kappa shape index (κ2) is 5.86. The number of nitrogens with zero attached hydrogens (tertiary/aromatic N) is 1. The Morgan fingerprint density at radius 2 is 1.79 bits per heavy atom. The Kier molecular flexibility index (Phi) is 3.68. The summed E-state index contributed by atoms with van der Waals surface area (Å²) in [5.74, 6) is 0.679. The molecule has 3 nitrogen and oxygen atoms in total. The van der Waals surface area contributed by atoms with E-state index in [2.05, 4.69) is 11.1 Å². The molecule has 0 radical (unpaired) electrons. The van der Waals surface area contributed by atoms with E-state index in [1.54, 1.807) is 17.8 Å². The first kappa shape index (κ1) is 15.1. The van der Waals surface area contributed by atoms with Gasteiger partial charge in [-0.25, -0.2) is 0 Å². The van der Waals surface area contributed by atoms with Crippen LogP contribution in [-0.2, 0) is 5.75 Å². The summed E-state index contributed by atoms with van der Waals surface area (Å²) in [5, 5.41) is 10.1. The number of nitrogens with one attached hydrogen (secondary N) is 1. The molecule has 1 N–H and O–H groups in total. The van der Waals surface area contributed by atoms with Gasteiger partial charge in [0.05, 0.1) is 5.69 Å². The van der Waals surface area contributed by atoms with Gasteiger partial charge in [0, 0.05) is 32.4 Å². The highest BCUT2D eigenvalue weighted by Gasteiger charge is 2.25. The average Bonchev–Trinajstić information content (AvgIpc) is 2.61. The number of aromatic nitrogens is 1. The number of pyridine rings is 1. The number of thioether (sulfide) groups is 1. The van der Waals surface area contributed by atoms with Gasteiger partial charge in [0.2, 0.25) is 0 Å². The summed E-state index contributed by atoms with van der Waals surface area (Å²) in [6.45, 7) is 0. The van der Waals surface area contributed by atoms with Crippen molar-refractivity contribution in [1.29, 1.82) is 5.26 Å². The van der Waals surface area contributed by atoms with E-state index in [-0.39, 0.29) is 11.1 Å². The van der Waals surface area contributed by atoms with Gasteiger partial charge < -0.3 is 4.98 Å². The Morgan fingerprint density at radius 3 is 2.54 bits per heavy atom. The lowest BCUT2D eigenvalue weighted by Gasteiger charge is -2.22. The third-order valence-corrected chi connectivity index (χ3v) is 5.53. The molecule has 24 heavy (non-hydrogen) atoms. The summed E-state index contributed by atoms with van der Waals surface area (Å²) in [5.41, 5.74) is 3.81. The van der Waals surface area contributed by atoms with Crippen LogP contribution in [-0.4, -0.2) is 4.98 Å². The van der Waals surface area contributed by atoms with E-state index in [1.807, 2.05) is 42.5 Å². The Hall–Kier alpha value is -2.48. The zero-order chi connectivity index (χ0) is 16.7. The molecule has 0 fully saturated rings. The molecule has 0 unspecified atom stereocenters. The van der Waals surface area contributed by atoms with Crippen LogP contribution in [0, 0.1) is 11.3 Å². The molecule has 1 aliphatic rings. The van der Waals surface area contributed by atoms with Crippen molar-refractivity contribution in [3.05, 3.63) is 75.0 Å². The standard InChI is InChI=1S/C19H11ClN2OS/c20-15-7-3-1-5-11(15)17-13(9-21)19(23)22-18-12-6-2-4-8-16(12)24-10-14(17)18/h1-8H,10H2,(H,22,23). The zero-order valence-corrected chi connectivity index (χ0v) is 14.0.